The highest BCUT2D eigenvalue weighted by atomic mass is 32.1. The van der Waals surface area contributed by atoms with Crippen LogP contribution in [0.2, 0.25) is 0 Å². The third-order valence-corrected chi connectivity index (χ3v) is 5.64. The Labute approximate surface area is 158 Å². The fourth-order valence-corrected chi connectivity index (χ4v) is 4.26. The Morgan fingerprint density at radius 3 is 2.58 bits per heavy atom. The zero-order valence-electron chi connectivity index (χ0n) is 15.1. The van der Waals surface area contributed by atoms with Crippen molar-refractivity contribution in [2.45, 2.75) is 32.7 Å². The number of aryl methyl sites for hydroxylation is 2. The van der Waals surface area contributed by atoms with E-state index in [9.17, 15) is 0 Å². The van der Waals surface area contributed by atoms with Crippen LogP contribution < -0.4 is 10.2 Å². The maximum Gasteiger partial charge on any atom is 0.183 e. The molecule has 0 saturated carbocycles. The quantitative estimate of drug-likeness (QED) is 0.747. The fourth-order valence-electron chi connectivity index (χ4n) is 3.36. The molecule has 3 aromatic rings. The van der Waals surface area contributed by atoms with Crippen molar-refractivity contribution in [3.8, 4) is 10.4 Å². The molecule has 1 aliphatic rings. The zero-order chi connectivity index (χ0) is 17.9. The SMILES string of the molecule is Cc1cc(N2CCC(Nc3ncc(-c4ccccc4)s3)CC2)nc(C)n1. The highest BCUT2D eigenvalue weighted by molar-refractivity contribution is 7.18. The van der Waals surface area contributed by atoms with Crippen LogP contribution in [0.15, 0.2) is 42.6 Å². The van der Waals surface area contributed by atoms with E-state index in [0.29, 0.717) is 6.04 Å². The minimum absolute atomic E-state index is 0.463. The van der Waals surface area contributed by atoms with Crippen molar-refractivity contribution in [3.05, 3.63) is 54.1 Å². The summed E-state index contributed by atoms with van der Waals surface area (Å²) < 4.78 is 0. The Morgan fingerprint density at radius 2 is 1.85 bits per heavy atom. The van der Waals surface area contributed by atoms with Gasteiger partial charge in [-0.05, 0) is 32.3 Å². The lowest BCUT2D eigenvalue weighted by molar-refractivity contribution is 0.522. The molecular weight excluding hydrogens is 342 g/mol. The monoisotopic (exact) mass is 365 g/mol. The summed E-state index contributed by atoms with van der Waals surface area (Å²) in [4.78, 5) is 17.1. The molecule has 0 atom stereocenters. The van der Waals surface area contributed by atoms with Crippen LogP contribution in [-0.2, 0) is 0 Å². The molecular formula is C20H23N5S. The summed E-state index contributed by atoms with van der Waals surface area (Å²) >= 11 is 1.72. The molecule has 134 valence electrons. The molecule has 0 unspecified atom stereocenters. The number of hydrogen-bond acceptors (Lipinski definition) is 6. The van der Waals surface area contributed by atoms with Crippen LogP contribution in [0.3, 0.4) is 0 Å². The van der Waals surface area contributed by atoms with E-state index in [-0.39, 0.29) is 0 Å². The van der Waals surface area contributed by atoms with E-state index in [0.717, 1.165) is 48.4 Å². The van der Waals surface area contributed by atoms with Gasteiger partial charge in [0, 0.05) is 37.1 Å². The van der Waals surface area contributed by atoms with Gasteiger partial charge in [-0.2, -0.15) is 0 Å². The Balaban J connectivity index is 1.36. The van der Waals surface area contributed by atoms with Crippen LogP contribution in [0.4, 0.5) is 10.9 Å². The molecule has 3 heterocycles. The first kappa shape index (κ1) is 17.0. The van der Waals surface area contributed by atoms with Crippen molar-refractivity contribution in [1.29, 1.82) is 0 Å². The second-order valence-electron chi connectivity index (χ2n) is 6.72. The van der Waals surface area contributed by atoms with Crippen LogP contribution in [0.25, 0.3) is 10.4 Å². The Morgan fingerprint density at radius 1 is 1.08 bits per heavy atom. The number of hydrogen-bond donors (Lipinski definition) is 1. The van der Waals surface area contributed by atoms with Crippen molar-refractivity contribution in [2.75, 3.05) is 23.3 Å². The molecule has 5 nitrogen and oxygen atoms in total. The molecule has 0 radical (unpaired) electrons. The van der Waals surface area contributed by atoms with Gasteiger partial charge in [-0.25, -0.2) is 15.0 Å². The lowest BCUT2D eigenvalue weighted by Gasteiger charge is -2.33. The largest absolute Gasteiger partial charge is 0.359 e. The molecule has 0 spiro atoms. The molecule has 0 bridgehead atoms. The second kappa shape index (κ2) is 7.41. The van der Waals surface area contributed by atoms with Crippen LogP contribution in [0, 0.1) is 13.8 Å². The summed E-state index contributed by atoms with van der Waals surface area (Å²) in [7, 11) is 0. The first-order chi connectivity index (χ1) is 12.7. The van der Waals surface area contributed by atoms with E-state index in [1.54, 1.807) is 11.3 Å². The lowest BCUT2D eigenvalue weighted by atomic mass is 10.1. The third kappa shape index (κ3) is 3.85. The summed E-state index contributed by atoms with van der Waals surface area (Å²) in [5, 5.41) is 4.62. The second-order valence-corrected chi connectivity index (χ2v) is 7.75. The van der Waals surface area contributed by atoms with Crippen molar-refractivity contribution in [2.24, 2.45) is 0 Å². The first-order valence-electron chi connectivity index (χ1n) is 9.02. The zero-order valence-corrected chi connectivity index (χ0v) is 16.0. The van der Waals surface area contributed by atoms with E-state index in [1.165, 1.54) is 10.4 Å². The van der Waals surface area contributed by atoms with Crippen molar-refractivity contribution >= 4 is 22.3 Å². The maximum absolute atomic E-state index is 4.59. The molecule has 1 aliphatic heterocycles. The van der Waals surface area contributed by atoms with E-state index in [1.807, 2.05) is 26.1 Å². The number of benzene rings is 1. The van der Waals surface area contributed by atoms with Crippen LogP contribution in [0.1, 0.15) is 24.4 Å². The van der Waals surface area contributed by atoms with E-state index in [4.69, 9.17) is 0 Å². The van der Waals surface area contributed by atoms with Gasteiger partial charge in [0.15, 0.2) is 5.13 Å². The number of nitrogens with zero attached hydrogens (tertiary/aromatic N) is 4. The van der Waals surface area contributed by atoms with Crippen molar-refractivity contribution < 1.29 is 0 Å². The van der Waals surface area contributed by atoms with Gasteiger partial charge in [-0.3, -0.25) is 0 Å². The standard InChI is InChI=1S/C20H23N5S/c1-14-12-19(23-15(2)22-14)25-10-8-17(9-11-25)24-20-21-13-18(26-20)16-6-4-3-5-7-16/h3-7,12-13,17H,8-11H2,1-2H3,(H,21,24). The van der Waals surface area contributed by atoms with E-state index in [2.05, 4.69) is 55.5 Å². The number of rotatable bonds is 4. The summed E-state index contributed by atoms with van der Waals surface area (Å²) in [6.07, 6.45) is 4.13. The normalized spacial score (nSPS) is 15.2. The van der Waals surface area contributed by atoms with Crippen LogP contribution >= 0.6 is 11.3 Å². The number of anilines is 2. The summed E-state index contributed by atoms with van der Waals surface area (Å²) in [5.74, 6) is 1.89. The maximum atomic E-state index is 4.59. The van der Waals surface area contributed by atoms with Gasteiger partial charge in [0.05, 0.1) is 4.88 Å². The predicted molar refractivity (Wildman–Crippen MR) is 108 cm³/mol. The van der Waals surface area contributed by atoms with Gasteiger partial charge in [-0.1, -0.05) is 41.7 Å². The molecule has 0 aliphatic carbocycles. The van der Waals surface area contributed by atoms with Gasteiger partial charge in [0.2, 0.25) is 0 Å². The number of piperidine rings is 1. The summed E-state index contributed by atoms with van der Waals surface area (Å²) in [5.41, 5.74) is 2.26. The average molecular weight is 366 g/mol. The molecule has 1 N–H and O–H groups in total. The van der Waals surface area contributed by atoms with Crippen LogP contribution in [0.5, 0.6) is 0 Å². The highest BCUT2D eigenvalue weighted by Gasteiger charge is 2.21. The van der Waals surface area contributed by atoms with Gasteiger partial charge < -0.3 is 10.2 Å². The Kier molecular flexibility index (Phi) is 4.84. The molecule has 6 heteroatoms. The van der Waals surface area contributed by atoms with E-state index >= 15 is 0 Å². The topological polar surface area (TPSA) is 53.9 Å². The minimum atomic E-state index is 0.463. The molecule has 1 fully saturated rings. The van der Waals surface area contributed by atoms with Gasteiger partial charge in [0.1, 0.15) is 11.6 Å². The van der Waals surface area contributed by atoms with Gasteiger partial charge >= 0.3 is 0 Å². The number of nitrogens with one attached hydrogen (secondary N) is 1. The number of thiazole rings is 1. The van der Waals surface area contributed by atoms with Gasteiger partial charge in [-0.15, -0.1) is 0 Å². The molecule has 1 aromatic carbocycles. The molecule has 0 amide bonds. The minimum Gasteiger partial charge on any atom is -0.359 e. The van der Waals surface area contributed by atoms with Crippen LogP contribution in [-0.4, -0.2) is 34.1 Å². The first-order valence-corrected chi connectivity index (χ1v) is 9.84. The summed E-state index contributed by atoms with van der Waals surface area (Å²) in [6.45, 7) is 5.99. The van der Waals surface area contributed by atoms with E-state index < -0.39 is 0 Å². The molecule has 1 saturated heterocycles. The Hall–Kier alpha value is -2.47. The third-order valence-electron chi connectivity index (χ3n) is 4.66. The smallest absolute Gasteiger partial charge is 0.183 e. The van der Waals surface area contributed by atoms with Gasteiger partial charge in [0.25, 0.3) is 0 Å². The molecule has 4 rings (SSSR count). The number of aromatic nitrogens is 3. The lowest BCUT2D eigenvalue weighted by Crippen LogP contribution is -2.39. The Bertz CT molecular complexity index is 849. The van der Waals surface area contributed by atoms with Crippen molar-refractivity contribution in [1.82, 2.24) is 15.0 Å². The highest BCUT2D eigenvalue weighted by Crippen LogP contribution is 2.30. The fraction of sp³-hybridized carbons (Fsp3) is 0.350. The molecule has 26 heavy (non-hydrogen) atoms. The average Bonchev–Trinajstić information content (AvgIpc) is 3.11. The predicted octanol–water partition coefficient (Wildman–Crippen LogP) is 4.30. The molecule has 2 aromatic heterocycles. The summed E-state index contributed by atoms with van der Waals surface area (Å²) in [6, 6.07) is 13.0. The van der Waals surface area contributed by atoms with Crippen molar-refractivity contribution in [3.63, 3.8) is 0 Å².